The van der Waals surface area contributed by atoms with Crippen LogP contribution in [0.2, 0.25) is 0 Å². The highest BCUT2D eigenvalue weighted by molar-refractivity contribution is 5.93. The van der Waals surface area contributed by atoms with Crippen LogP contribution in [0.4, 0.5) is 0 Å². The Bertz CT molecular complexity index is 761. The van der Waals surface area contributed by atoms with Gasteiger partial charge in [-0.3, -0.25) is 9.59 Å². The van der Waals surface area contributed by atoms with Crippen molar-refractivity contribution in [2.45, 2.75) is 89.8 Å². The maximum Gasteiger partial charge on any atom is 0.273 e. The summed E-state index contributed by atoms with van der Waals surface area (Å²) in [5.74, 6) is 0.620. The van der Waals surface area contributed by atoms with Crippen LogP contribution in [-0.2, 0) is 17.6 Å². The van der Waals surface area contributed by atoms with E-state index in [1.165, 1.54) is 0 Å². The fraction of sp³-hybridized carbons (Fsp3) is 0.762. The molecule has 1 saturated heterocycles. The lowest BCUT2D eigenvalue weighted by Gasteiger charge is -2.37. The monoisotopic (exact) mass is 389 g/mol. The highest BCUT2D eigenvalue weighted by Gasteiger charge is 2.54. The molecule has 1 aliphatic heterocycles. The Balaban J connectivity index is 1.49. The summed E-state index contributed by atoms with van der Waals surface area (Å²) in [5, 5.41) is 17.7. The number of aliphatic hydroxyl groups excluding tert-OH is 1. The summed E-state index contributed by atoms with van der Waals surface area (Å²) in [7, 11) is 0. The first-order valence-electron chi connectivity index (χ1n) is 10.6. The molecule has 0 bridgehead atoms. The Morgan fingerprint density at radius 1 is 1.25 bits per heavy atom. The lowest BCUT2D eigenvalue weighted by atomic mass is 9.75. The predicted octanol–water partition coefficient (Wildman–Crippen LogP) is 2.21. The van der Waals surface area contributed by atoms with Gasteiger partial charge < -0.3 is 19.8 Å². The molecule has 4 atom stereocenters. The molecule has 2 amide bonds. The van der Waals surface area contributed by atoms with Gasteiger partial charge in [0, 0.05) is 36.9 Å². The van der Waals surface area contributed by atoms with Gasteiger partial charge in [0.05, 0.1) is 12.1 Å². The number of hydrogen-bond donors (Lipinski definition) is 2. The summed E-state index contributed by atoms with van der Waals surface area (Å²) in [6, 6.07) is -0.0730. The van der Waals surface area contributed by atoms with Crippen molar-refractivity contribution in [2.24, 2.45) is 5.41 Å². The third kappa shape index (κ3) is 3.23. The van der Waals surface area contributed by atoms with Gasteiger partial charge in [0.25, 0.3) is 5.91 Å². The maximum absolute atomic E-state index is 12.7. The molecule has 7 nitrogen and oxygen atoms in total. The molecule has 3 aliphatic rings. The molecular weight excluding hydrogens is 358 g/mol. The molecule has 2 N–H and O–H groups in total. The van der Waals surface area contributed by atoms with E-state index in [0.717, 1.165) is 62.7 Å². The van der Waals surface area contributed by atoms with Gasteiger partial charge >= 0.3 is 0 Å². The van der Waals surface area contributed by atoms with Crippen LogP contribution >= 0.6 is 0 Å². The van der Waals surface area contributed by atoms with E-state index in [1.807, 2.05) is 4.90 Å². The molecule has 4 rings (SSSR count). The lowest BCUT2D eigenvalue weighted by Crippen LogP contribution is -2.48. The van der Waals surface area contributed by atoms with Crippen molar-refractivity contribution in [2.75, 3.05) is 6.54 Å². The van der Waals surface area contributed by atoms with Gasteiger partial charge in [-0.25, -0.2) is 0 Å². The Morgan fingerprint density at radius 2 is 2.00 bits per heavy atom. The van der Waals surface area contributed by atoms with Crippen molar-refractivity contribution in [1.82, 2.24) is 15.4 Å². The van der Waals surface area contributed by atoms with E-state index < -0.39 is 6.10 Å². The first kappa shape index (κ1) is 19.4. The average molecular weight is 389 g/mol. The molecule has 1 aromatic rings. The third-order valence-corrected chi connectivity index (χ3v) is 7.16. The van der Waals surface area contributed by atoms with Crippen molar-refractivity contribution < 1.29 is 19.2 Å². The number of aliphatic hydroxyl groups is 1. The van der Waals surface area contributed by atoms with E-state index in [0.29, 0.717) is 18.7 Å². The lowest BCUT2D eigenvalue weighted by molar-refractivity contribution is -0.133. The third-order valence-electron chi connectivity index (χ3n) is 7.16. The van der Waals surface area contributed by atoms with Gasteiger partial charge in [-0.1, -0.05) is 24.9 Å². The number of aryl methyl sites for hydroxylation is 1. The Kier molecular flexibility index (Phi) is 5.21. The quantitative estimate of drug-likeness (QED) is 0.826. The number of amides is 2. The summed E-state index contributed by atoms with van der Waals surface area (Å²) < 4.78 is 5.35. The normalized spacial score (nSPS) is 32.4. The van der Waals surface area contributed by atoms with Crippen LogP contribution in [0.5, 0.6) is 0 Å². The van der Waals surface area contributed by atoms with E-state index >= 15 is 0 Å². The van der Waals surface area contributed by atoms with Crippen molar-refractivity contribution in [3.63, 3.8) is 0 Å². The largest absolute Gasteiger partial charge is 0.392 e. The van der Waals surface area contributed by atoms with Gasteiger partial charge in [0.2, 0.25) is 5.91 Å². The number of likely N-dealkylation sites (tertiary alicyclic amines) is 1. The van der Waals surface area contributed by atoms with Crippen LogP contribution in [0.15, 0.2) is 4.52 Å². The highest BCUT2D eigenvalue weighted by Crippen LogP contribution is 2.48. The van der Waals surface area contributed by atoms with Crippen LogP contribution in [0.1, 0.15) is 80.6 Å². The minimum absolute atomic E-state index is 0.0147. The topological polar surface area (TPSA) is 95.7 Å². The van der Waals surface area contributed by atoms with Crippen LogP contribution < -0.4 is 5.32 Å². The summed E-state index contributed by atoms with van der Waals surface area (Å²) in [4.78, 5) is 27.1. The summed E-state index contributed by atoms with van der Waals surface area (Å²) in [6.07, 6.45) is 7.79. The van der Waals surface area contributed by atoms with Gasteiger partial charge in [0.15, 0.2) is 5.69 Å². The van der Waals surface area contributed by atoms with Gasteiger partial charge in [0.1, 0.15) is 5.76 Å². The molecule has 0 aromatic carbocycles. The zero-order chi connectivity index (χ0) is 19.9. The zero-order valence-electron chi connectivity index (χ0n) is 16.9. The van der Waals surface area contributed by atoms with Gasteiger partial charge in [-0.05, 0) is 38.5 Å². The van der Waals surface area contributed by atoms with Crippen molar-refractivity contribution in [3.05, 3.63) is 17.0 Å². The molecule has 2 fully saturated rings. The zero-order valence-corrected chi connectivity index (χ0v) is 16.9. The number of aromatic nitrogens is 1. The first-order valence-corrected chi connectivity index (χ1v) is 10.6. The van der Waals surface area contributed by atoms with E-state index in [-0.39, 0.29) is 29.3 Å². The number of carbonyl (C=O) groups is 2. The molecule has 28 heavy (non-hydrogen) atoms. The number of carbonyl (C=O) groups excluding carboxylic acids is 2. The second-order valence-electron chi connectivity index (χ2n) is 8.96. The number of hydrogen-bond acceptors (Lipinski definition) is 5. The number of rotatable bonds is 3. The number of nitrogens with zero attached hydrogens (tertiary/aromatic N) is 2. The van der Waals surface area contributed by atoms with Gasteiger partial charge in [-0.15, -0.1) is 0 Å². The Labute approximate surface area is 165 Å². The predicted molar refractivity (Wildman–Crippen MR) is 103 cm³/mol. The van der Waals surface area contributed by atoms with Crippen molar-refractivity contribution >= 4 is 11.8 Å². The minimum Gasteiger partial charge on any atom is -0.392 e. The SMILES string of the molecule is CC(=O)N1[C@@H](CNC(=O)c2noc3c2CCCC3)C[C@@]2(C)[C@@H](O)CCCC[C@@H]12. The molecular formula is C21H31N3O4. The fourth-order valence-electron chi connectivity index (χ4n) is 5.65. The summed E-state index contributed by atoms with van der Waals surface area (Å²) >= 11 is 0. The maximum atomic E-state index is 12.7. The molecule has 2 aliphatic carbocycles. The molecule has 0 unspecified atom stereocenters. The molecule has 0 spiro atoms. The number of nitrogens with one attached hydrogen (secondary N) is 1. The van der Waals surface area contributed by atoms with E-state index in [4.69, 9.17) is 4.52 Å². The summed E-state index contributed by atoms with van der Waals surface area (Å²) in [6.45, 7) is 4.06. The van der Waals surface area contributed by atoms with E-state index in [2.05, 4.69) is 17.4 Å². The molecule has 2 heterocycles. The van der Waals surface area contributed by atoms with E-state index in [1.54, 1.807) is 6.92 Å². The molecule has 7 heteroatoms. The second kappa shape index (κ2) is 7.50. The Hall–Kier alpha value is -1.89. The highest BCUT2D eigenvalue weighted by atomic mass is 16.5. The van der Waals surface area contributed by atoms with Crippen molar-refractivity contribution in [3.8, 4) is 0 Å². The van der Waals surface area contributed by atoms with Crippen LogP contribution in [0.25, 0.3) is 0 Å². The number of fused-ring (bicyclic) bond motifs is 2. The molecule has 154 valence electrons. The molecule has 1 saturated carbocycles. The van der Waals surface area contributed by atoms with Gasteiger partial charge in [-0.2, -0.15) is 0 Å². The molecule has 1 aromatic heterocycles. The van der Waals surface area contributed by atoms with E-state index in [9.17, 15) is 14.7 Å². The smallest absolute Gasteiger partial charge is 0.273 e. The standard InChI is InChI=1S/C21H31N3O4/c1-13(25)24-14(11-21(2)17(24)9-5-6-10-18(21)26)12-22-20(27)19-15-7-3-4-8-16(15)28-23-19/h14,17-18,26H,3-12H2,1-2H3,(H,22,27)/t14-,17-,18+,21-/m1/s1. The van der Waals surface area contributed by atoms with Crippen LogP contribution in [0.3, 0.4) is 0 Å². The summed E-state index contributed by atoms with van der Waals surface area (Å²) in [5.41, 5.74) is 1.01. The fourth-order valence-corrected chi connectivity index (χ4v) is 5.65. The minimum atomic E-state index is -0.412. The Morgan fingerprint density at radius 3 is 2.79 bits per heavy atom. The average Bonchev–Trinajstić information content (AvgIpc) is 3.19. The van der Waals surface area contributed by atoms with Crippen LogP contribution in [0, 0.1) is 5.41 Å². The van der Waals surface area contributed by atoms with Crippen molar-refractivity contribution in [1.29, 1.82) is 0 Å². The van der Waals surface area contributed by atoms with Crippen LogP contribution in [-0.4, -0.2) is 51.7 Å². The second-order valence-corrected chi connectivity index (χ2v) is 8.96. The first-order chi connectivity index (χ1) is 13.4. The molecule has 0 radical (unpaired) electrons.